The average Bonchev–Trinajstić information content (AvgIpc) is 2.93. The van der Waals surface area contributed by atoms with Crippen molar-refractivity contribution < 1.29 is 9.18 Å². The van der Waals surface area contributed by atoms with Gasteiger partial charge in [-0.1, -0.05) is 25.4 Å². The summed E-state index contributed by atoms with van der Waals surface area (Å²) in [6.07, 6.45) is 3.92. The summed E-state index contributed by atoms with van der Waals surface area (Å²) in [6.45, 7) is 4.14. The van der Waals surface area contributed by atoms with Crippen LogP contribution in [0.5, 0.6) is 0 Å². The minimum Gasteiger partial charge on any atom is -0.299 e. The molecule has 0 spiro atoms. The maximum Gasteiger partial charge on any atom is 0.142 e. The number of halogens is 2. The summed E-state index contributed by atoms with van der Waals surface area (Å²) in [5.74, 6) is -0.125. The summed E-state index contributed by atoms with van der Waals surface area (Å²) in [5, 5.41) is 5.13. The third-order valence-corrected chi connectivity index (χ3v) is 4.15. The van der Waals surface area contributed by atoms with Gasteiger partial charge in [0, 0.05) is 11.1 Å². The van der Waals surface area contributed by atoms with Crippen LogP contribution in [0.4, 0.5) is 4.39 Å². The number of allylic oxidation sites excluding steroid dienone is 1. The fourth-order valence-electron chi connectivity index (χ4n) is 2.86. The SMILES string of the molecule is CC(C)c1c(C=CC=O)c(-c2ccc(F)cc2)nn2c(Cl)ccc12. The van der Waals surface area contributed by atoms with Gasteiger partial charge in [-0.3, -0.25) is 4.79 Å². The lowest BCUT2D eigenvalue weighted by Gasteiger charge is -2.17. The first kappa shape index (κ1) is 16.4. The average molecular weight is 343 g/mol. The van der Waals surface area contributed by atoms with E-state index in [1.165, 1.54) is 18.2 Å². The minimum atomic E-state index is -0.312. The molecular formula is C19H16ClFN2O. The van der Waals surface area contributed by atoms with Crippen LogP contribution in [0.25, 0.3) is 22.9 Å². The number of carbonyl (C=O) groups is 1. The molecule has 0 amide bonds. The number of fused-ring (bicyclic) bond motifs is 1. The summed E-state index contributed by atoms with van der Waals surface area (Å²) in [5.41, 5.74) is 4.18. The first-order valence-electron chi connectivity index (χ1n) is 7.62. The van der Waals surface area contributed by atoms with E-state index in [2.05, 4.69) is 18.9 Å². The van der Waals surface area contributed by atoms with Crippen molar-refractivity contribution in [3.05, 3.63) is 64.6 Å². The van der Waals surface area contributed by atoms with E-state index in [1.807, 2.05) is 6.07 Å². The fourth-order valence-corrected chi connectivity index (χ4v) is 3.05. The van der Waals surface area contributed by atoms with Crippen LogP contribution in [0, 0.1) is 5.82 Å². The van der Waals surface area contributed by atoms with Crippen LogP contribution >= 0.6 is 11.6 Å². The maximum absolute atomic E-state index is 13.3. The molecular weight excluding hydrogens is 327 g/mol. The number of nitrogens with zero attached hydrogens (tertiary/aromatic N) is 2. The normalized spacial score (nSPS) is 11.7. The Bertz CT molecular complexity index is 927. The number of hydrogen-bond donors (Lipinski definition) is 0. The Morgan fingerprint density at radius 1 is 1.17 bits per heavy atom. The van der Waals surface area contributed by atoms with Crippen molar-refractivity contribution in [3.63, 3.8) is 0 Å². The van der Waals surface area contributed by atoms with Crippen molar-refractivity contribution in [1.82, 2.24) is 9.61 Å². The second-order valence-corrected chi connectivity index (χ2v) is 6.17. The summed E-state index contributed by atoms with van der Waals surface area (Å²) in [4.78, 5) is 10.8. The Kier molecular flexibility index (Phi) is 4.49. The van der Waals surface area contributed by atoms with Gasteiger partial charge >= 0.3 is 0 Å². The Morgan fingerprint density at radius 2 is 1.88 bits per heavy atom. The largest absolute Gasteiger partial charge is 0.299 e. The molecule has 0 aliphatic heterocycles. The van der Waals surface area contributed by atoms with E-state index in [-0.39, 0.29) is 11.7 Å². The molecule has 0 saturated carbocycles. The van der Waals surface area contributed by atoms with Crippen molar-refractivity contribution in [3.8, 4) is 11.3 Å². The molecule has 5 heteroatoms. The molecule has 0 atom stereocenters. The highest BCUT2D eigenvalue weighted by Gasteiger charge is 2.18. The molecule has 0 unspecified atom stereocenters. The van der Waals surface area contributed by atoms with Crippen LogP contribution in [0.15, 0.2) is 42.5 Å². The van der Waals surface area contributed by atoms with Gasteiger partial charge in [0.15, 0.2) is 0 Å². The standard InChI is InChI=1S/C19H16ClFN2O/c1-12(2)18-15(4-3-11-24)19(13-5-7-14(21)8-6-13)22-23-16(18)9-10-17(23)20/h3-12H,1-2H3. The summed E-state index contributed by atoms with van der Waals surface area (Å²) < 4.78 is 14.9. The monoisotopic (exact) mass is 342 g/mol. The summed E-state index contributed by atoms with van der Waals surface area (Å²) >= 11 is 6.26. The molecule has 0 aliphatic rings. The molecule has 2 aromatic heterocycles. The van der Waals surface area contributed by atoms with Crippen LogP contribution in [0.2, 0.25) is 5.15 Å². The van der Waals surface area contributed by atoms with Gasteiger partial charge in [0.2, 0.25) is 0 Å². The first-order valence-corrected chi connectivity index (χ1v) is 7.99. The highest BCUT2D eigenvalue weighted by molar-refractivity contribution is 6.30. The predicted molar refractivity (Wildman–Crippen MR) is 94.8 cm³/mol. The number of hydrogen-bond acceptors (Lipinski definition) is 2. The number of carbonyl (C=O) groups excluding carboxylic acids is 1. The number of benzene rings is 1. The second kappa shape index (κ2) is 6.57. The molecule has 0 bridgehead atoms. The van der Waals surface area contributed by atoms with E-state index in [4.69, 9.17) is 11.6 Å². The molecule has 0 radical (unpaired) electrons. The van der Waals surface area contributed by atoms with E-state index < -0.39 is 0 Å². The van der Waals surface area contributed by atoms with Crippen molar-refractivity contribution in [2.24, 2.45) is 0 Å². The number of aldehydes is 1. The molecule has 3 rings (SSSR count). The van der Waals surface area contributed by atoms with Crippen LogP contribution in [0.1, 0.15) is 30.9 Å². The van der Waals surface area contributed by atoms with Gasteiger partial charge < -0.3 is 0 Å². The molecule has 2 heterocycles. The van der Waals surface area contributed by atoms with Crippen LogP contribution in [-0.2, 0) is 4.79 Å². The minimum absolute atomic E-state index is 0.187. The molecule has 0 fully saturated rings. The topological polar surface area (TPSA) is 34.4 Å². The van der Waals surface area contributed by atoms with Gasteiger partial charge in [0.25, 0.3) is 0 Å². The lowest BCUT2D eigenvalue weighted by Crippen LogP contribution is -2.05. The Hall–Kier alpha value is -2.46. The Morgan fingerprint density at radius 3 is 2.50 bits per heavy atom. The summed E-state index contributed by atoms with van der Waals surface area (Å²) in [7, 11) is 0. The van der Waals surface area contributed by atoms with Crippen LogP contribution in [0.3, 0.4) is 0 Å². The highest BCUT2D eigenvalue weighted by atomic mass is 35.5. The van der Waals surface area contributed by atoms with Gasteiger partial charge in [-0.25, -0.2) is 8.91 Å². The molecule has 0 saturated heterocycles. The smallest absolute Gasteiger partial charge is 0.142 e. The molecule has 3 nitrogen and oxygen atoms in total. The van der Waals surface area contributed by atoms with Crippen LogP contribution in [-0.4, -0.2) is 15.9 Å². The van der Waals surface area contributed by atoms with E-state index in [1.54, 1.807) is 28.8 Å². The molecule has 24 heavy (non-hydrogen) atoms. The predicted octanol–water partition coefficient (Wildman–Crippen LogP) is 5.13. The van der Waals surface area contributed by atoms with Gasteiger partial charge in [-0.05, 0) is 60.0 Å². The lowest BCUT2D eigenvalue weighted by molar-refractivity contribution is -0.104. The lowest BCUT2D eigenvalue weighted by atomic mass is 9.93. The molecule has 122 valence electrons. The van der Waals surface area contributed by atoms with Crippen LogP contribution < -0.4 is 0 Å². The van der Waals surface area contributed by atoms with Crippen molar-refractivity contribution >= 4 is 29.5 Å². The maximum atomic E-state index is 13.3. The van der Waals surface area contributed by atoms with E-state index in [9.17, 15) is 9.18 Å². The van der Waals surface area contributed by atoms with Crippen molar-refractivity contribution in [2.75, 3.05) is 0 Å². The van der Waals surface area contributed by atoms with E-state index in [0.717, 1.165) is 28.5 Å². The van der Waals surface area contributed by atoms with E-state index in [0.29, 0.717) is 10.8 Å². The third-order valence-electron chi connectivity index (χ3n) is 3.87. The zero-order valence-corrected chi connectivity index (χ0v) is 14.1. The second-order valence-electron chi connectivity index (χ2n) is 5.79. The first-order chi connectivity index (χ1) is 11.5. The fraction of sp³-hybridized carbons (Fsp3) is 0.158. The Labute approximate surface area is 144 Å². The molecule has 0 aliphatic carbocycles. The Balaban J connectivity index is 2.41. The molecule has 1 aromatic carbocycles. The molecule has 3 aromatic rings. The zero-order chi connectivity index (χ0) is 17.3. The van der Waals surface area contributed by atoms with Gasteiger partial charge in [0.1, 0.15) is 17.3 Å². The van der Waals surface area contributed by atoms with Gasteiger partial charge in [-0.2, -0.15) is 5.10 Å². The quantitative estimate of drug-likeness (QED) is 0.486. The van der Waals surface area contributed by atoms with E-state index >= 15 is 0 Å². The zero-order valence-electron chi connectivity index (χ0n) is 13.3. The van der Waals surface area contributed by atoms with Gasteiger partial charge in [0.05, 0.1) is 11.2 Å². The van der Waals surface area contributed by atoms with Gasteiger partial charge in [-0.15, -0.1) is 0 Å². The number of rotatable bonds is 4. The number of aromatic nitrogens is 2. The third kappa shape index (κ3) is 2.85. The summed E-state index contributed by atoms with van der Waals surface area (Å²) in [6, 6.07) is 9.82. The van der Waals surface area contributed by atoms with Crippen molar-refractivity contribution in [1.29, 1.82) is 0 Å². The van der Waals surface area contributed by atoms with Crippen molar-refractivity contribution in [2.45, 2.75) is 19.8 Å². The molecule has 0 N–H and O–H groups in total. The highest BCUT2D eigenvalue weighted by Crippen LogP contribution is 2.34.